The third-order valence-electron chi connectivity index (χ3n) is 5.85. The molecule has 4 rings (SSSR count). The molecule has 2 aromatic heterocycles. The van der Waals surface area contributed by atoms with Gasteiger partial charge in [0.2, 0.25) is 5.88 Å². The molecule has 0 aliphatic carbocycles. The van der Waals surface area contributed by atoms with Crippen LogP contribution >= 0.6 is 23.2 Å². The fourth-order valence-corrected chi connectivity index (χ4v) is 4.32. The number of piperazine rings is 1. The zero-order valence-electron chi connectivity index (χ0n) is 20.1. The third kappa shape index (κ3) is 7.09. The van der Waals surface area contributed by atoms with Crippen LogP contribution in [0.3, 0.4) is 0 Å². The first kappa shape index (κ1) is 26.6. The van der Waals surface area contributed by atoms with Gasteiger partial charge in [-0.1, -0.05) is 47.4 Å². The summed E-state index contributed by atoms with van der Waals surface area (Å²) in [6.45, 7) is 4.86. The number of hydrogen-bond donors (Lipinski definition) is 2. The smallest absolute Gasteiger partial charge is 0.438 e. The highest BCUT2D eigenvalue weighted by Crippen LogP contribution is 2.26. The van der Waals surface area contributed by atoms with Gasteiger partial charge in [-0.25, -0.2) is 9.78 Å². The Morgan fingerprint density at radius 2 is 2.00 bits per heavy atom. The lowest BCUT2D eigenvalue weighted by Gasteiger charge is -2.34. The summed E-state index contributed by atoms with van der Waals surface area (Å²) in [5.74, 6) is -0.393. The molecule has 0 saturated carbocycles. The minimum absolute atomic E-state index is 0.0825. The van der Waals surface area contributed by atoms with E-state index in [1.165, 1.54) is 12.3 Å². The van der Waals surface area contributed by atoms with Crippen LogP contribution < -0.4 is 15.8 Å². The van der Waals surface area contributed by atoms with Gasteiger partial charge >= 0.3 is 5.76 Å². The topological polar surface area (TPSA) is 134 Å². The second-order valence-corrected chi connectivity index (χ2v) is 9.33. The number of nitrogens with zero attached hydrogens (tertiary/aromatic N) is 4. The Morgan fingerprint density at radius 1 is 1.22 bits per heavy atom. The predicted molar refractivity (Wildman–Crippen MR) is 136 cm³/mol. The molecule has 3 aromatic rings. The number of aromatic amines is 1. The molecule has 11 nitrogen and oxygen atoms in total. The van der Waals surface area contributed by atoms with Crippen molar-refractivity contribution in [2.45, 2.75) is 32.5 Å². The van der Waals surface area contributed by atoms with Crippen molar-refractivity contribution in [3.63, 3.8) is 0 Å². The summed E-state index contributed by atoms with van der Waals surface area (Å²) in [7, 11) is 0. The molecule has 0 bridgehead atoms. The number of H-pyrrole nitrogens is 1. The van der Waals surface area contributed by atoms with E-state index in [4.69, 9.17) is 27.9 Å². The molecule has 37 heavy (non-hydrogen) atoms. The molecule has 2 amide bonds. The number of aromatic nitrogens is 3. The van der Waals surface area contributed by atoms with Crippen molar-refractivity contribution < 1.29 is 18.8 Å². The van der Waals surface area contributed by atoms with Crippen LogP contribution in [0.5, 0.6) is 5.88 Å². The molecule has 0 radical (unpaired) electrons. The average molecular weight is 549 g/mol. The van der Waals surface area contributed by atoms with E-state index in [-0.39, 0.29) is 29.3 Å². The number of halogens is 2. The highest BCUT2D eigenvalue weighted by molar-refractivity contribution is 6.35. The van der Waals surface area contributed by atoms with Crippen molar-refractivity contribution in [2.24, 2.45) is 0 Å². The number of benzene rings is 1. The molecular weight excluding hydrogens is 523 g/mol. The normalized spacial score (nSPS) is 14.8. The largest absolute Gasteiger partial charge is 0.463 e. The van der Waals surface area contributed by atoms with E-state index in [1.807, 2.05) is 13.0 Å². The number of hydrogen-bond acceptors (Lipinski definition) is 8. The summed E-state index contributed by atoms with van der Waals surface area (Å²) in [4.78, 5) is 47.3. The van der Waals surface area contributed by atoms with Gasteiger partial charge in [-0.3, -0.25) is 24.0 Å². The monoisotopic (exact) mass is 548 g/mol. The molecule has 2 N–H and O–H groups in total. The molecule has 1 aliphatic heterocycles. The molecule has 1 aliphatic rings. The lowest BCUT2D eigenvalue weighted by molar-refractivity contribution is -0.128. The van der Waals surface area contributed by atoms with Crippen molar-refractivity contribution >= 4 is 35.0 Å². The van der Waals surface area contributed by atoms with Gasteiger partial charge < -0.3 is 15.0 Å². The van der Waals surface area contributed by atoms with Gasteiger partial charge in [0.1, 0.15) is 5.02 Å². The van der Waals surface area contributed by atoms with Crippen LogP contribution in [0.1, 0.15) is 35.1 Å². The maximum absolute atomic E-state index is 13.1. The second kappa shape index (κ2) is 12.2. The Bertz CT molecular complexity index is 1300. The molecule has 13 heteroatoms. The molecule has 1 fully saturated rings. The summed E-state index contributed by atoms with van der Waals surface area (Å²) < 4.78 is 10.2. The van der Waals surface area contributed by atoms with E-state index in [1.54, 1.807) is 23.1 Å². The quantitative estimate of drug-likeness (QED) is 0.416. The number of amides is 2. The van der Waals surface area contributed by atoms with Gasteiger partial charge in [-0.2, -0.15) is 0 Å². The van der Waals surface area contributed by atoms with Gasteiger partial charge in [0.25, 0.3) is 11.8 Å². The van der Waals surface area contributed by atoms with Crippen LogP contribution in [0.15, 0.2) is 45.8 Å². The summed E-state index contributed by atoms with van der Waals surface area (Å²) in [5, 5.41) is 7.12. The molecular formula is C24H26Cl2N6O5. The Balaban J connectivity index is 1.29. The molecule has 1 aromatic carbocycles. The zero-order chi connectivity index (χ0) is 26.4. The number of carbonyl (C=O) groups excluding carboxylic acids is 2. The van der Waals surface area contributed by atoms with E-state index < -0.39 is 11.9 Å². The minimum Gasteiger partial charge on any atom is -0.463 e. The van der Waals surface area contributed by atoms with Gasteiger partial charge in [0, 0.05) is 44.5 Å². The number of ether oxygens (including phenoxy) is 1. The highest BCUT2D eigenvalue weighted by Gasteiger charge is 2.24. The summed E-state index contributed by atoms with van der Waals surface area (Å²) in [6.07, 6.45) is 1.01. The standard InChI is InChI=1S/C24H26Cl2N6O5/c1-2-19(36-22-18(26)11-17(25)13-28-22)21(33)27-12-15-4-3-5-16(10-15)23(34)32-8-6-31(7-9-32)14-20-29-24(35)37-30-20/h3-5,10-11,13,19H,2,6-9,12,14H2,1H3,(H,27,33)(H,29,30,35)/t19-/m1/s1. The average Bonchev–Trinajstić information content (AvgIpc) is 3.31. The van der Waals surface area contributed by atoms with Crippen molar-refractivity contribution in [1.29, 1.82) is 0 Å². The number of pyridine rings is 1. The van der Waals surface area contributed by atoms with Crippen LogP contribution in [0.2, 0.25) is 10.0 Å². The van der Waals surface area contributed by atoms with Crippen LogP contribution in [0.25, 0.3) is 0 Å². The number of carbonyl (C=O) groups is 2. The molecule has 0 spiro atoms. The number of nitrogens with one attached hydrogen (secondary N) is 2. The minimum atomic E-state index is -0.789. The van der Waals surface area contributed by atoms with Crippen molar-refractivity contribution in [3.8, 4) is 5.88 Å². The van der Waals surface area contributed by atoms with Crippen molar-refractivity contribution in [2.75, 3.05) is 26.2 Å². The summed E-state index contributed by atoms with van der Waals surface area (Å²) in [6, 6.07) is 8.66. The zero-order valence-corrected chi connectivity index (χ0v) is 21.6. The fraction of sp³-hybridized carbons (Fsp3) is 0.375. The molecule has 0 unspecified atom stereocenters. The van der Waals surface area contributed by atoms with Crippen molar-refractivity contribution in [3.05, 3.63) is 74.1 Å². The van der Waals surface area contributed by atoms with E-state index in [9.17, 15) is 14.4 Å². The molecule has 1 atom stereocenters. The number of rotatable bonds is 9. The Morgan fingerprint density at radius 3 is 2.68 bits per heavy atom. The Kier molecular flexibility index (Phi) is 8.80. The van der Waals surface area contributed by atoms with E-state index in [2.05, 4.69) is 29.9 Å². The maximum Gasteiger partial charge on any atom is 0.438 e. The van der Waals surface area contributed by atoms with Gasteiger partial charge in [0.05, 0.1) is 11.6 Å². The second-order valence-electron chi connectivity index (χ2n) is 8.48. The lowest BCUT2D eigenvalue weighted by Crippen LogP contribution is -2.48. The molecule has 1 saturated heterocycles. The van der Waals surface area contributed by atoms with Crippen LogP contribution in [0.4, 0.5) is 0 Å². The summed E-state index contributed by atoms with van der Waals surface area (Å²) >= 11 is 12.0. The lowest BCUT2D eigenvalue weighted by atomic mass is 10.1. The van der Waals surface area contributed by atoms with Crippen molar-refractivity contribution in [1.82, 2.24) is 30.2 Å². The maximum atomic E-state index is 13.1. The SMILES string of the molecule is CC[C@@H](Oc1ncc(Cl)cc1Cl)C(=O)NCc1cccc(C(=O)N2CCN(Cc3noc(=O)[nH]3)CC2)c1. The molecule has 196 valence electrons. The van der Waals surface area contributed by atoms with E-state index >= 15 is 0 Å². The van der Waals surface area contributed by atoms with Crippen LogP contribution in [-0.2, 0) is 17.9 Å². The Labute approximate surface area is 222 Å². The molecule has 3 heterocycles. The van der Waals surface area contributed by atoms with Gasteiger partial charge in [0.15, 0.2) is 11.9 Å². The third-order valence-corrected chi connectivity index (χ3v) is 6.33. The van der Waals surface area contributed by atoms with Gasteiger partial charge in [-0.05, 0) is 30.2 Å². The van der Waals surface area contributed by atoms with Crippen LogP contribution in [0, 0.1) is 0 Å². The first-order valence-electron chi connectivity index (χ1n) is 11.7. The van der Waals surface area contributed by atoms with E-state index in [0.717, 1.165) is 5.56 Å². The summed E-state index contributed by atoms with van der Waals surface area (Å²) in [5.41, 5.74) is 1.33. The Hall–Kier alpha value is -3.41. The first-order chi connectivity index (χ1) is 17.8. The van der Waals surface area contributed by atoms with Crippen LogP contribution in [-0.4, -0.2) is 69.0 Å². The first-order valence-corrected chi connectivity index (χ1v) is 12.5. The fourth-order valence-electron chi connectivity index (χ4n) is 3.89. The predicted octanol–water partition coefficient (Wildman–Crippen LogP) is 2.50. The van der Waals surface area contributed by atoms with E-state index in [0.29, 0.717) is 55.6 Å². The highest BCUT2D eigenvalue weighted by atomic mass is 35.5. The van der Waals surface area contributed by atoms with Gasteiger partial charge in [-0.15, -0.1) is 0 Å².